The van der Waals surface area contributed by atoms with Gasteiger partial charge < -0.3 is 9.64 Å². The third-order valence-corrected chi connectivity index (χ3v) is 4.00. The highest BCUT2D eigenvalue weighted by Gasteiger charge is 2.26. The Morgan fingerprint density at radius 2 is 1.95 bits per heavy atom. The van der Waals surface area contributed by atoms with Crippen molar-refractivity contribution in [2.45, 2.75) is 12.8 Å². The minimum Gasteiger partial charge on any atom is -0.469 e. The van der Waals surface area contributed by atoms with Crippen LogP contribution in [0.4, 0.5) is 0 Å². The van der Waals surface area contributed by atoms with E-state index in [4.69, 9.17) is 16.3 Å². The Hall–Kier alpha value is -1.81. The standard InChI is InChI=1S/C16H18ClNO3/c1-21-16(20)13-8-10-18(11-9-13)15(19)7-6-12-4-2-3-5-14(12)17/h2-7,13H,8-11H2,1H3. The van der Waals surface area contributed by atoms with E-state index in [0.717, 1.165) is 5.56 Å². The molecule has 0 aliphatic carbocycles. The predicted molar refractivity (Wildman–Crippen MR) is 81.8 cm³/mol. The quantitative estimate of drug-likeness (QED) is 0.637. The summed E-state index contributed by atoms with van der Waals surface area (Å²) in [4.78, 5) is 25.3. The van der Waals surface area contributed by atoms with E-state index in [-0.39, 0.29) is 17.8 Å². The van der Waals surface area contributed by atoms with Gasteiger partial charge in [-0.3, -0.25) is 9.59 Å². The summed E-state index contributed by atoms with van der Waals surface area (Å²) in [5.41, 5.74) is 0.817. The Labute approximate surface area is 129 Å². The lowest BCUT2D eigenvalue weighted by atomic mass is 9.97. The largest absolute Gasteiger partial charge is 0.469 e. The van der Waals surface area contributed by atoms with Gasteiger partial charge in [0.1, 0.15) is 0 Å². The average Bonchev–Trinajstić information content (AvgIpc) is 2.53. The molecule has 1 aliphatic heterocycles. The third-order valence-electron chi connectivity index (χ3n) is 3.65. The maximum Gasteiger partial charge on any atom is 0.308 e. The zero-order chi connectivity index (χ0) is 15.2. The van der Waals surface area contributed by atoms with E-state index in [9.17, 15) is 9.59 Å². The molecule has 1 aromatic rings. The number of carbonyl (C=O) groups excluding carboxylic acids is 2. The van der Waals surface area contributed by atoms with E-state index >= 15 is 0 Å². The minimum atomic E-state index is -0.186. The number of nitrogens with zero attached hydrogens (tertiary/aromatic N) is 1. The summed E-state index contributed by atoms with van der Waals surface area (Å²) in [5.74, 6) is -0.335. The first-order valence-corrected chi connectivity index (χ1v) is 7.29. The van der Waals surface area contributed by atoms with Crippen molar-refractivity contribution in [2.75, 3.05) is 20.2 Å². The number of likely N-dealkylation sites (tertiary alicyclic amines) is 1. The van der Waals surface area contributed by atoms with Crippen LogP contribution in [0.3, 0.4) is 0 Å². The molecule has 0 bridgehead atoms. The van der Waals surface area contributed by atoms with Gasteiger partial charge >= 0.3 is 5.97 Å². The van der Waals surface area contributed by atoms with E-state index in [1.165, 1.54) is 13.2 Å². The molecule has 0 radical (unpaired) electrons. The van der Waals surface area contributed by atoms with Gasteiger partial charge in [-0.05, 0) is 30.5 Å². The summed E-state index contributed by atoms with van der Waals surface area (Å²) >= 11 is 6.04. The molecule has 1 amide bonds. The smallest absolute Gasteiger partial charge is 0.308 e. The second-order valence-corrected chi connectivity index (χ2v) is 5.38. The lowest BCUT2D eigenvalue weighted by Crippen LogP contribution is -2.39. The summed E-state index contributed by atoms with van der Waals surface area (Å²) < 4.78 is 4.73. The van der Waals surface area contributed by atoms with Crippen molar-refractivity contribution in [1.82, 2.24) is 4.90 Å². The molecular formula is C16H18ClNO3. The molecule has 4 nitrogen and oxygen atoms in total. The van der Waals surface area contributed by atoms with Crippen LogP contribution in [0.2, 0.25) is 5.02 Å². The molecule has 112 valence electrons. The van der Waals surface area contributed by atoms with Crippen molar-refractivity contribution in [3.8, 4) is 0 Å². The Kier molecular flexibility index (Phi) is 5.39. The fourth-order valence-electron chi connectivity index (χ4n) is 2.38. The maximum atomic E-state index is 12.1. The summed E-state index contributed by atoms with van der Waals surface area (Å²) in [6.45, 7) is 1.15. The lowest BCUT2D eigenvalue weighted by Gasteiger charge is -2.29. The summed E-state index contributed by atoms with van der Waals surface area (Å²) in [6, 6.07) is 7.36. The number of hydrogen-bond donors (Lipinski definition) is 0. The molecule has 0 N–H and O–H groups in total. The van der Waals surface area contributed by atoms with E-state index in [0.29, 0.717) is 31.0 Å². The van der Waals surface area contributed by atoms with E-state index in [2.05, 4.69) is 0 Å². The lowest BCUT2D eigenvalue weighted by molar-refractivity contribution is -0.148. The predicted octanol–water partition coefficient (Wildman–Crippen LogP) is 2.76. The Bertz CT molecular complexity index is 548. The number of methoxy groups -OCH3 is 1. The van der Waals surface area contributed by atoms with Crippen LogP contribution in [0.1, 0.15) is 18.4 Å². The fourth-order valence-corrected chi connectivity index (χ4v) is 2.58. The molecule has 1 aromatic carbocycles. The zero-order valence-corrected chi connectivity index (χ0v) is 12.7. The molecular weight excluding hydrogens is 290 g/mol. The van der Waals surface area contributed by atoms with Crippen molar-refractivity contribution in [2.24, 2.45) is 5.92 Å². The molecule has 0 aromatic heterocycles. The van der Waals surface area contributed by atoms with Crippen LogP contribution in [-0.2, 0) is 14.3 Å². The number of ether oxygens (including phenoxy) is 1. The van der Waals surface area contributed by atoms with Crippen molar-refractivity contribution >= 4 is 29.6 Å². The first kappa shape index (κ1) is 15.6. The Morgan fingerprint density at radius 1 is 1.29 bits per heavy atom. The zero-order valence-electron chi connectivity index (χ0n) is 11.9. The van der Waals surface area contributed by atoms with Crippen LogP contribution >= 0.6 is 11.6 Å². The molecule has 2 rings (SSSR count). The van der Waals surface area contributed by atoms with Crippen molar-refractivity contribution in [3.05, 3.63) is 40.9 Å². The molecule has 1 aliphatic rings. The first-order valence-electron chi connectivity index (χ1n) is 6.91. The third kappa shape index (κ3) is 4.08. The Balaban J connectivity index is 1.91. The van der Waals surface area contributed by atoms with Crippen molar-refractivity contribution in [3.63, 3.8) is 0 Å². The SMILES string of the molecule is COC(=O)C1CCN(C(=O)C=Cc2ccccc2Cl)CC1. The van der Waals surface area contributed by atoms with Gasteiger partial charge in [-0.1, -0.05) is 29.8 Å². The number of piperidine rings is 1. The highest BCUT2D eigenvalue weighted by molar-refractivity contribution is 6.32. The molecule has 5 heteroatoms. The fraction of sp³-hybridized carbons (Fsp3) is 0.375. The molecule has 0 unspecified atom stereocenters. The second kappa shape index (κ2) is 7.27. The highest BCUT2D eigenvalue weighted by Crippen LogP contribution is 2.20. The number of carbonyl (C=O) groups is 2. The second-order valence-electron chi connectivity index (χ2n) is 4.98. The van der Waals surface area contributed by atoms with Crippen LogP contribution < -0.4 is 0 Å². The van der Waals surface area contributed by atoms with E-state index in [1.54, 1.807) is 17.0 Å². The van der Waals surface area contributed by atoms with Crippen LogP contribution in [0.15, 0.2) is 30.3 Å². The number of benzene rings is 1. The van der Waals surface area contributed by atoms with E-state index in [1.807, 2.05) is 18.2 Å². The van der Waals surface area contributed by atoms with Crippen LogP contribution in [0, 0.1) is 5.92 Å². The number of amides is 1. The van der Waals surface area contributed by atoms with Gasteiger partial charge in [0, 0.05) is 24.2 Å². The van der Waals surface area contributed by atoms with Crippen molar-refractivity contribution < 1.29 is 14.3 Å². The molecule has 21 heavy (non-hydrogen) atoms. The first-order chi connectivity index (χ1) is 10.1. The molecule has 1 fully saturated rings. The summed E-state index contributed by atoms with van der Waals surface area (Å²) in [6.07, 6.45) is 4.55. The van der Waals surface area contributed by atoms with Gasteiger partial charge in [0.2, 0.25) is 5.91 Å². The van der Waals surface area contributed by atoms with Crippen molar-refractivity contribution in [1.29, 1.82) is 0 Å². The number of esters is 1. The number of halogens is 1. The van der Waals surface area contributed by atoms with Crippen LogP contribution in [0.25, 0.3) is 6.08 Å². The molecule has 1 heterocycles. The summed E-state index contributed by atoms with van der Waals surface area (Å²) in [5, 5.41) is 0.617. The Morgan fingerprint density at radius 3 is 2.57 bits per heavy atom. The molecule has 0 atom stereocenters. The molecule has 1 saturated heterocycles. The molecule has 0 spiro atoms. The van der Waals surface area contributed by atoms with E-state index < -0.39 is 0 Å². The average molecular weight is 308 g/mol. The van der Waals surface area contributed by atoms with Gasteiger partial charge in [-0.2, -0.15) is 0 Å². The van der Waals surface area contributed by atoms with Gasteiger partial charge in [-0.25, -0.2) is 0 Å². The van der Waals surface area contributed by atoms with Gasteiger partial charge in [0.05, 0.1) is 13.0 Å². The highest BCUT2D eigenvalue weighted by atomic mass is 35.5. The maximum absolute atomic E-state index is 12.1. The van der Waals surface area contributed by atoms with Gasteiger partial charge in [-0.15, -0.1) is 0 Å². The normalized spacial score (nSPS) is 16.2. The number of hydrogen-bond acceptors (Lipinski definition) is 3. The van der Waals surface area contributed by atoms with Gasteiger partial charge in [0.25, 0.3) is 0 Å². The number of rotatable bonds is 3. The monoisotopic (exact) mass is 307 g/mol. The minimum absolute atomic E-state index is 0.0572. The summed E-state index contributed by atoms with van der Waals surface area (Å²) in [7, 11) is 1.40. The van der Waals surface area contributed by atoms with Crippen LogP contribution in [-0.4, -0.2) is 37.0 Å². The topological polar surface area (TPSA) is 46.6 Å². The van der Waals surface area contributed by atoms with Crippen LogP contribution in [0.5, 0.6) is 0 Å². The molecule has 0 saturated carbocycles. The van der Waals surface area contributed by atoms with Gasteiger partial charge in [0.15, 0.2) is 0 Å².